The van der Waals surface area contributed by atoms with Crippen LogP contribution in [0, 0.1) is 22.7 Å². The van der Waals surface area contributed by atoms with Crippen molar-refractivity contribution in [2.75, 3.05) is 12.9 Å². The third-order valence-electron chi connectivity index (χ3n) is 8.93. The molecule has 0 aromatic heterocycles. The minimum atomic E-state index is -3.89. The van der Waals surface area contributed by atoms with Crippen LogP contribution >= 0.6 is 11.6 Å². The summed E-state index contributed by atoms with van der Waals surface area (Å²) >= 11 is 7.37. The zero-order valence-corrected chi connectivity index (χ0v) is 21.4. The van der Waals surface area contributed by atoms with Crippen molar-refractivity contribution in [1.29, 1.82) is 0 Å². The Hall–Kier alpha value is -1.55. The van der Waals surface area contributed by atoms with Crippen molar-refractivity contribution < 1.29 is 36.8 Å². The van der Waals surface area contributed by atoms with E-state index in [0.717, 1.165) is 11.8 Å². The lowest BCUT2D eigenvalue weighted by molar-refractivity contribution is -0.195. The normalized spacial score (nSPS) is 43.4. The van der Waals surface area contributed by atoms with Gasteiger partial charge in [0.05, 0.1) is 17.2 Å². The van der Waals surface area contributed by atoms with Crippen molar-refractivity contribution in [3.05, 3.63) is 23.8 Å². The van der Waals surface area contributed by atoms with Crippen molar-refractivity contribution in [2.45, 2.75) is 69.5 Å². The molecule has 0 saturated heterocycles. The fourth-order valence-electron chi connectivity index (χ4n) is 7.40. The van der Waals surface area contributed by atoms with Crippen LogP contribution < -0.4 is 0 Å². The average Bonchev–Trinajstić information content (AvgIpc) is 2.99. The molecule has 4 aliphatic carbocycles. The molecule has 4 rings (SSSR count). The third kappa shape index (κ3) is 3.45. The molecule has 1 N–H and O–H groups in total. The van der Waals surface area contributed by atoms with Crippen LogP contribution in [0.3, 0.4) is 0 Å². The summed E-state index contributed by atoms with van der Waals surface area (Å²) in [5, 5.41) is 11.6. The van der Waals surface area contributed by atoms with E-state index in [2.05, 4.69) is 0 Å². The maximum Gasteiger partial charge on any atom is 0.303 e. The van der Waals surface area contributed by atoms with Crippen molar-refractivity contribution in [1.82, 2.24) is 0 Å². The number of aliphatic hydroxyl groups is 1. The molecule has 0 aliphatic heterocycles. The summed E-state index contributed by atoms with van der Waals surface area (Å²) in [5.74, 6) is -1.82. The van der Waals surface area contributed by atoms with Crippen LogP contribution in [0.4, 0.5) is 0 Å². The molecule has 0 amide bonds. The Morgan fingerprint density at radius 1 is 1.24 bits per heavy atom. The van der Waals surface area contributed by atoms with E-state index in [1.807, 2.05) is 13.8 Å². The fourth-order valence-corrected chi connectivity index (χ4v) is 8.25. The highest BCUT2D eigenvalue weighted by Crippen LogP contribution is 2.71. The molecule has 10 heteroatoms. The fraction of sp³-hybridized carbons (Fsp3) is 0.708. The van der Waals surface area contributed by atoms with E-state index < -0.39 is 55.9 Å². The molecule has 3 saturated carbocycles. The lowest BCUT2D eigenvalue weighted by atomic mass is 9.45. The number of rotatable bonds is 5. The number of carbonyl (C=O) groups is 3. The second-order valence-corrected chi connectivity index (χ2v) is 12.9. The number of aliphatic hydroxyl groups excluding tert-OH is 1. The van der Waals surface area contributed by atoms with Crippen LogP contribution in [0.25, 0.3) is 0 Å². The summed E-state index contributed by atoms with van der Waals surface area (Å²) in [6, 6.07) is 0. The van der Waals surface area contributed by atoms with Gasteiger partial charge in [0.25, 0.3) is 10.1 Å². The number of ether oxygens (including phenoxy) is 1. The first-order chi connectivity index (χ1) is 15.6. The van der Waals surface area contributed by atoms with Crippen LogP contribution in [0.2, 0.25) is 0 Å². The molecule has 0 radical (unpaired) electrons. The highest BCUT2D eigenvalue weighted by atomic mass is 35.5. The van der Waals surface area contributed by atoms with Gasteiger partial charge in [0, 0.05) is 17.8 Å². The molecular weight excluding hydrogens is 484 g/mol. The molecule has 0 bridgehead atoms. The van der Waals surface area contributed by atoms with E-state index in [9.17, 15) is 27.9 Å². The zero-order chi connectivity index (χ0) is 25.3. The van der Waals surface area contributed by atoms with Gasteiger partial charge in [0.2, 0.25) is 5.78 Å². The van der Waals surface area contributed by atoms with Gasteiger partial charge in [-0.2, -0.15) is 8.42 Å². The summed E-state index contributed by atoms with van der Waals surface area (Å²) in [6.45, 7) is 4.21. The average molecular weight is 515 g/mol. The highest BCUT2D eigenvalue weighted by molar-refractivity contribution is 7.86. The van der Waals surface area contributed by atoms with Crippen molar-refractivity contribution in [3.63, 3.8) is 0 Å². The van der Waals surface area contributed by atoms with Gasteiger partial charge in [-0.25, -0.2) is 0 Å². The van der Waals surface area contributed by atoms with Crippen molar-refractivity contribution in [2.24, 2.45) is 22.7 Å². The monoisotopic (exact) mass is 514 g/mol. The van der Waals surface area contributed by atoms with E-state index in [4.69, 9.17) is 20.5 Å². The van der Waals surface area contributed by atoms with Crippen LogP contribution in [-0.4, -0.2) is 60.5 Å². The standard InChI is InChI=1S/C24H31ClO8S/c1-14(26)33-23(20(29)13-32-34(4,30)31)10-8-17-18-6-5-15-11-16(27)7-9-21(15,2)24(18,25)19(28)12-22(17,23)3/h7,9,11,17-19,28H,5-6,8,10,12-13H2,1-4H3/t17-,18-,19-,21-,22-,23-,24-/m0/s1. The van der Waals surface area contributed by atoms with Gasteiger partial charge in [-0.3, -0.25) is 18.6 Å². The second-order valence-electron chi connectivity index (χ2n) is 10.6. The predicted molar refractivity (Wildman–Crippen MR) is 123 cm³/mol. The SMILES string of the molecule is CC(=O)O[C@]1(C(=O)COS(C)(=O)=O)CC[C@H]2[C@@H]3CCC4=CC(=O)C=C[C@]4(C)[C@@]3(Cl)[C@@H](O)C[C@@]21C. The molecular formula is C24H31ClO8S. The first kappa shape index (κ1) is 25.5. The molecule has 0 spiro atoms. The summed E-state index contributed by atoms with van der Waals surface area (Å²) in [5.41, 5.74) is -2.48. The minimum Gasteiger partial charge on any atom is -0.451 e. The summed E-state index contributed by atoms with van der Waals surface area (Å²) in [7, 11) is -3.89. The van der Waals surface area contributed by atoms with Gasteiger partial charge >= 0.3 is 5.97 Å². The lowest BCUT2D eigenvalue weighted by Crippen LogP contribution is -2.69. The van der Waals surface area contributed by atoms with E-state index in [1.54, 1.807) is 12.2 Å². The number of ketones is 2. The number of carbonyl (C=O) groups excluding carboxylic acids is 3. The number of esters is 1. The molecule has 0 aromatic rings. The molecule has 8 nitrogen and oxygen atoms in total. The number of hydrogen-bond donors (Lipinski definition) is 1. The minimum absolute atomic E-state index is 0.0697. The molecule has 0 aromatic carbocycles. The number of Topliss-reactive ketones (excluding diaryl/α,β-unsaturated/α-hetero) is 1. The van der Waals surface area contributed by atoms with Crippen LogP contribution in [0.5, 0.6) is 0 Å². The molecule has 34 heavy (non-hydrogen) atoms. The van der Waals surface area contributed by atoms with E-state index in [1.165, 1.54) is 13.0 Å². The van der Waals surface area contributed by atoms with Crippen LogP contribution in [0.15, 0.2) is 23.8 Å². The Morgan fingerprint density at radius 2 is 1.91 bits per heavy atom. The largest absolute Gasteiger partial charge is 0.451 e. The van der Waals surface area contributed by atoms with E-state index in [0.29, 0.717) is 19.3 Å². The molecule has 3 fully saturated rings. The van der Waals surface area contributed by atoms with Gasteiger partial charge in [-0.1, -0.05) is 25.5 Å². The Bertz CT molecular complexity index is 1110. The summed E-state index contributed by atoms with van der Waals surface area (Å²) in [6.07, 6.45) is 6.64. The van der Waals surface area contributed by atoms with Gasteiger partial charge < -0.3 is 9.84 Å². The maximum absolute atomic E-state index is 13.4. The van der Waals surface area contributed by atoms with Gasteiger partial charge in [0.15, 0.2) is 11.4 Å². The van der Waals surface area contributed by atoms with Crippen LogP contribution in [0.1, 0.15) is 52.9 Å². The number of halogens is 1. The zero-order valence-electron chi connectivity index (χ0n) is 19.8. The van der Waals surface area contributed by atoms with Gasteiger partial charge in [0.1, 0.15) is 6.61 Å². The topological polar surface area (TPSA) is 124 Å². The Morgan fingerprint density at radius 3 is 2.53 bits per heavy atom. The predicted octanol–water partition coefficient (Wildman–Crippen LogP) is 2.47. The first-order valence-electron chi connectivity index (χ1n) is 11.5. The number of alkyl halides is 1. The van der Waals surface area contributed by atoms with Gasteiger partial charge in [-0.05, 0) is 56.1 Å². The Labute approximate surface area is 204 Å². The van der Waals surface area contributed by atoms with E-state index in [-0.39, 0.29) is 30.5 Å². The molecule has 0 unspecified atom stereocenters. The first-order valence-corrected chi connectivity index (χ1v) is 13.7. The molecule has 188 valence electrons. The summed E-state index contributed by atoms with van der Waals surface area (Å²) in [4.78, 5) is 36.5. The smallest absolute Gasteiger partial charge is 0.303 e. The number of allylic oxidation sites excluding steroid dienone is 4. The highest BCUT2D eigenvalue weighted by Gasteiger charge is 2.74. The molecule has 0 heterocycles. The third-order valence-corrected chi connectivity index (χ3v) is 10.4. The Kier molecular flexibility index (Phi) is 5.99. The Balaban J connectivity index is 1.77. The van der Waals surface area contributed by atoms with Crippen molar-refractivity contribution in [3.8, 4) is 0 Å². The lowest BCUT2D eigenvalue weighted by Gasteiger charge is -2.64. The van der Waals surface area contributed by atoms with Crippen molar-refractivity contribution >= 4 is 39.3 Å². The number of hydrogen-bond acceptors (Lipinski definition) is 8. The molecule has 7 atom stereocenters. The van der Waals surface area contributed by atoms with Crippen LogP contribution in [-0.2, 0) is 33.4 Å². The second kappa shape index (κ2) is 7.98. The maximum atomic E-state index is 13.4. The van der Waals surface area contributed by atoms with Gasteiger partial charge in [-0.15, -0.1) is 11.6 Å². The number of fused-ring (bicyclic) bond motifs is 5. The summed E-state index contributed by atoms with van der Waals surface area (Å²) < 4.78 is 33.6. The molecule has 4 aliphatic rings. The quantitative estimate of drug-likeness (QED) is 0.337. The van der Waals surface area contributed by atoms with E-state index >= 15 is 0 Å².